The summed E-state index contributed by atoms with van der Waals surface area (Å²) in [7, 11) is 0. The summed E-state index contributed by atoms with van der Waals surface area (Å²) in [4.78, 5) is 0. The summed E-state index contributed by atoms with van der Waals surface area (Å²) in [5.74, 6) is 0. The lowest BCUT2D eigenvalue weighted by Gasteiger charge is -2.06. The van der Waals surface area contributed by atoms with Crippen LogP contribution in [0, 0.1) is 0 Å². The number of anilines is 3. The van der Waals surface area contributed by atoms with Crippen molar-refractivity contribution in [2.45, 2.75) is 13.3 Å². The minimum absolute atomic E-state index is 0.488. The van der Waals surface area contributed by atoms with Gasteiger partial charge in [0.15, 0.2) is 0 Å². The van der Waals surface area contributed by atoms with Crippen molar-refractivity contribution in [1.82, 2.24) is 0 Å². The van der Waals surface area contributed by atoms with Gasteiger partial charge in [-0.3, -0.25) is 0 Å². The minimum Gasteiger partial charge on any atom is -0.397 e. The maximum Gasteiger partial charge on any atom is 0.0781 e. The van der Waals surface area contributed by atoms with Crippen molar-refractivity contribution in [1.29, 1.82) is 0 Å². The van der Waals surface area contributed by atoms with Gasteiger partial charge in [0.25, 0.3) is 0 Å². The topological polar surface area (TPSA) is 78.1 Å². The van der Waals surface area contributed by atoms with E-state index in [0.717, 1.165) is 12.0 Å². The van der Waals surface area contributed by atoms with Crippen molar-refractivity contribution in [3.8, 4) is 0 Å². The third kappa shape index (κ3) is 1.37. The van der Waals surface area contributed by atoms with Gasteiger partial charge in [0, 0.05) is 0 Å². The molecule has 1 aromatic rings. The van der Waals surface area contributed by atoms with E-state index in [1.165, 1.54) is 0 Å². The Morgan fingerprint density at radius 1 is 1.09 bits per heavy atom. The quantitative estimate of drug-likeness (QED) is 0.524. The van der Waals surface area contributed by atoms with E-state index in [0.29, 0.717) is 17.1 Å². The smallest absolute Gasteiger partial charge is 0.0781 e. The highest BCUT2D eigenvalue weighted by Gasteiger charge is 2.00. The van der Waals surface area contributed by atoms with Crippen LogP contribution in [-0.2, 0) is 6.42 Å². The molecule has 0 spiro atoms. The molecule has 0 fully saturated rings. The first kappa shape index (κ1) is 7.72. The number of benzene rings is 1. The SMILES string of the molecule is CCc1cc(N)c(N)c(N)c1. The highest BCUT2D eigenvalue weighted by molar-refractivity contribution is 5.77. The van der Waals surface area contributed by atoms with E-state index in [9.17, 15) is 0 Å². The van der Waals surface area contributed by atoms with E-state index in [-0.39, 0.29) is 0 Å². The molecule has 0 saturated carbocycles. The summed E-state index contributed by atoms with van der Waals surface area (Å²) >= 11 is 0. The van der Waals surface area contributed by atoms with Crippen molar-refractivity contribution in [2.75, 3.05) is 17.2 Å². The summed E-state index contributed by atoms with van der Waals surface area (Å²) in [6, 6.07) is 3.71. The first-order chi connectivity index (χ1) is 5.15. The molecule has 3 heteroatoms. The van der Waals surface area contributed by atoms with Gasteiger partial charge in [-0.05, 0) is 24.1 Å². The molecule has 0 aliphatic rings. The standard InChI is InChI=1S/C8H13N3/c1-2-5-3-6(9)8(11)7(10)4-5/h3-4H,2,9-11H2,1H3. The third-order valence-corrected chi connectivity index (χ3v) is 1.71. The maximum atomic E-state index is 5.59. The predicted octanol–water partition coefficient (Wildman–Crippen LogP) is 0.996. The van der Waals surface area contributed by atoms with Crippen LogP contribution in [0.2, 0.25) is 0 Å². The Bertz CT molecular complexity index is 245. The van der Waals surface area contributed by atoms with Crippen molar-refractivity contribution in [2.24, 2.45) is 0 Å². The molecule has 0 amide bonds. The second kappa shape index (κ2) is 2.70. The van der Waals surface area contributed by atoms with Gasteiger partial charge in [-0.25, -0.2) is 0 Å². The number of aryl methyl sites for hydroxylation is 1. The van der Waals surface area contributed by atoms with Crippen LogP contribution in [0.15, 0.2) is 12.1 Å². The lowest BCUT2D eigenvalue weighted by molar-refractivity contribution is 1.14. The molecule has 0 aliphatic heterocycles. The highest BCUT2D eigenvalue weighted by Crippen LogP contribution is 2.24. The van der Waals surface area contributed by atoms with E-state index >= 15 is 0 Å². The van der Waals surface area contributed by atoms with Gasteiger partial charge in [0.05, 0.1) is 17.1 Å². The average Bonchev–Trinajstić information content (AvgIpc) is 1.99. The molecule has 0 aliphatic carbocycles. The van der Waals surface area contributed by atoms with E-state index in [1.807, 2.05) is 19.1 Å². The fraction of sp³-hybridized carbons (Fsp3) is 0.250. The Morgan fingerprint density at radius 2 is 1.55 bits per heavy atom. The molecule has 0 aromatic heterocycles. The van der Waals surface area contributed by atoms with Crippen LogP contribution in [0.25, 0.3) is 0 Å². The molecule has 0 atom stereocenters. The molecule has 0 radical (unpaired) electrons. The second-order valence-corrected chi connectivity index (χ2v) is 2.54. The van der Waals surface area contributed by atoms with E-state index in [2.05, 4.69) is 0 Å². The van der Waals surface area contributed by atoms with Gasteiger partial charge in [-0.1, -0.05) is 6.92 Å². The number of hydrogen-bond acceptors (Lipinski definition) is 3. The Morgan fingerprint density at radius 3 is 1.91 bits per heavy atom. The number of nitrogen functional groups attached to an aromatic ring is 3. The number of hydrogen-bond donors (Lipinski definition) is 3. The van der Waals surface area contributed by atoms with Crippen LogP contribution in [0.3, 0.4) is 0 Å². The van der Waals surface area contributed by atoms with Crippen LogP contribution in [0.4, 0.5) is 17.1 Å². The van der Waals surface area contributed by atoms with Gasteiger partial charge in [-0.15, -0.1) is 0 Å². The highest BCUT2D eigenvalue weighted by atomic mass is 14.7. The van der Waals surface area contributed by atoms with Crippen LogP contribution >= 0.6 is 0 Å². The monoisotopic (exact) mass is 151 g/mol. The van der Waals surface area contributed by atoms with Crippen molar-refractivity contribution in [3.63, 3.8) is 0 Å². The maximum absolute atomic E-state index is 5.59. The lowest BCUT2D eigenvalue weighted by atomic mass is 10.1. The average molecular weight is 151 g/mol. The van der Waals surface area contributed by atoms with Crippen molar-refractivity contribution < 1.29 is 0 Å². The molecular formula is C8H13N3. The van der Waals surface area contributed by atoms with E-state index in [1.54, 1.807) is 0 Å². The Hall–Kier alpha value is -1.38. The molecule has 1 rings (SSSR count). The molecule has 0 saturated heterocycles. The third-order valence-electron chi connectivity index (χ3n) is 1.71. The molecule has 0 unspecified atom stereocenters. The van der Waals surface area contributed by atoms with E-state index < -0.39 is 0 Å². The molecule has 11 heavy (non-hydrogen) atoms. The largest absolute Gasteiger partial charge is 0.397 e. The summed E-state index contributed by atoms with van der Waals surface area (Å²) in [5.41, 5.74) is 19.5. The molecule has 1 aromatic carbocycles. The number of nitrogens with two attached hydrogens (primary N) is 3. The van der Waals surface area contributed by atoms with Crippen LogP contribution in [-0.4, -0.2) is 0 Å². The summed E-state index contributed by atoms with van der Waals surface area (Å²) < 4.78 is 0. The normalized spacial score (nSPS) is 9.91. The minimum atomic E-state index is 0.488. The number of rotatable bonds is 1. The molecular weight excluding hydrogens is 138 g/mol. The molecule has 3 nitrogen and oxygen atoms in total. The second-order valence-electron chi connectivity index (χ2n) is 2.54. The van der Waals surface area contributed by atoms with Gasteiger partial charge < -0.3 is 17.2 Å². The first-order valence-electron chi connectivity index (χ1n) is 3.58. The zero-order chi connectivity index (χ0) is 8.43. The zero-order valence-electron chi connectivity index (χ0n) is 6.59. The first-order valence-corrected chi connectivity index (χ1v) is 3.58. The van der Waals surface area contributed by atoms with Crippen LogP contribution in [0.1, 0.15) is 12.5 Å². The van der Waals surface area contributed by atoms with Gasteiger partial charge in [0.2, 0.25) is 0 Å². The lowest BCUT2D eigenvalue weighted by Crippen LogP contribution is -2.01. The summed E-state index contributed by atoms with van der Waals surface area (Å²) in [6.45, 7) is 2.05. The van der Waals surface area contributed by atoms with Crippen LogP contribution < -0.4 is 17.2 Å². The van der Waals surface area contributed by atoms with Crippen molar-refractivity contribution >= 4 is 17.1 Å². The van der Waals surface area contributed by atoms with Crippen molar-refractivity contribution in [3.05, 3.63) is 17.7 Å². The van der Waals surface area contributed by atoms with Gasteiger partial charge in [0.1, 0.15) is 0 Å². The molecule has 0 bridgehead atoms. The van der Waals surface area contributed by atoms with Gasteiger partial charge >= 0.3 is 0 Å². The molecule has 0 heterocycles. The Labute approximate surface area is 66.2 Å². The Balaban J connectivity index is 3.21. The van der Waals surface area contributed by atoms with Crippen LogP contribution in [0.5, 0.6) is 0 Å². The zero-order valence-corrected chi connectivity index (χ0v) is 6.59. The summed E-state index contributed by atoms with van der Waals surface area (Å²) in [6.07, 6.45) is 0.925. The summed E-state index contributed by atoms with van der Waals surface area (Å²) in [5, 5.41) is 0. The fourth-order valence-corrected chi connectivity index (χ4v) is 0.967. The predicted molar refractivity (Wildman–Crippen MR) is 49.1 cm³/mol. The van der Waals surface area contributed by atoms with E-state index in [4.69, 9.17) is 17.2 Å². The fourth-order valence-electron chi connectivity index (χ4n) is 0.967. The molecule has 6 N–H and O–H groups in total. The van der Waals surface area contributed by atoms with Gasteiger partial charge in [-0.2, -0.15) is 0 Å². The Kier molecular flexibility index (Phi) is 1.89. The molecule has 60 valence electrons.